The molecule has 0 bridgehead atoms. The van der Waals surface area contributed by atoms with Crippen molar-refractivity contribution in [3.05, 3.63) is 48.0 Å². The summed E-state index contributed by atoms with van der Waals surface area (Å²) in [6.45, 7) is 10.6. The molecule has 0 spiro atoms. The fourth-order valence-corrected chi connectivity index (χ4v) is 4.96. The highest BCUT2D eigenvalue weighted by Crippen LogP contribution is 2.19. The SMILES string of the molecule is C=C(C)C(=O)OCCCC[Si](C)(C)Cc1ccccc1. The first-order valence-corrected chi connectivity index (χ1v) is 10.7. The molecule has 0 unspecified atom stereocenters. The van der Waals surface area contributed by atoms with Crippen molar-refractivity contribution in [3.63, 3.8) is 0 Å². The standard InChI is InChI=1S/C17H26O2Si/c1-15(2)17(18)19-12-8-9-13-20(3,4)14-16-10-6-5-7-11-16/h5-7,10-11H,1,8-9,12-14H2,2-4H3. The zero-order chi connectivity index (χ0) is 15.0. The van der Waals surface area contributed by atoms with Gasteiger partial charge in [-0.3, -0.25) is 0 Å². The van der Waals surface area contributed by atoms with Crippen LogP contribution in [0.3, 0.4) is 0 Å². The first-order valence-electron chi connectivity index (χ1n) is 7.27. The molecule has 0 aliphatic carbocycles. The van der Waals surface area contributed by atoms with E-state index in [1.807, 2.05) is 0 Å². The lowest BCUT2D eigenvalue weighted by Crippen LogP contribution is -2.29. The van der Waals surface area contributed by atoms with Gasteiger partial charge in [0.25, 0.3) is 0 Å². The molecule has 1 rings (SSSR count). The highest BCUT2D eigenvalue weighted by molar-refractivity contribution is 6.76. The second kappa shape index (κ2) is 8.05. The van der Waals surface area contributed by atoms with Crippen molar-refractivity contribution in [1.29, 1.82) is 0 Å². The molecule has 110 valence electrons. The Balaban J connectivity index is 2.23. The van der Waals surface area contributed by atoms with Gasteiger partial charge in [0, 0.05) is 5.57 Å². The number of carbonyl (C=O) groups excluding carboxylic acids is 1. The van der Waals surface area contributed by atoms with Gasteiger partial charge in [-0.25, -0.2) is 4.79 Å². The minimum atomic E-state index is -1.20. The van der Waals surface area contributed by atoms with Crippen LogP contribution in [0.15, 0.2) is 42.5 Å². The van der Waals surface area contributed by atoms with E-state index in [2.05, 4.69) is 50.0 Å². The van der Waals surface area contributed by atoms with E-state index >= 15 is 0 Å². The number of benzene rings is 1. The maximum Gasteiger partial charge on any atom is 0.333 e. The van der Waals surface area contributed by atoms with Gasteiger partial charge in [-0.2, -0.15) is 0 Å². The summed E-state index contributed by atoms with van der Waals surface area (Å²) in [6.07, 6.45) is 2.08. The quantitative estimate of drug-likeness (QED) is 0.307. The number of unbranched alkanes of at least 4 members (excludes halogenated alkanes) is 1. The first-order chi connectivity index (χ1) is 9.41. The van der Waals surface area contributed by atoms with Crippen LogP contribution in [0.4, 0.5) is 0 Å². The molecule has 0 aliphatic heterocycles. The summed E-state index contributed by atoms with van der Waals surface area (Å²) in [7, 11) is -1.20. The zero-order valence-electron chi connectivity index (χ0n) is 12.9. The van der Waals surface area contributed by atoms with Gasteiger partial charge < -0.3 is 4.74 Å². The van der Waals surface area contributed by atoms with Gasteiger partial charge in [-0.05, 0) is 19.4 Å². The predicted octanol–water partition coefficient (Wildman–Crippen LogP) is 4.38. The third kappa shape index (κ3) is 6.71. The Kier molecular flexibility index (Phi) is 6.72. The third-order valence-corrected chi connectivity index (χ3v) is 6.43. The molecule has 0 aliphatic rings. The van der Waals surface area contributed by atoms with Gasteiger partial charge in [-0.15, -0.1) is 0 Å². The minimum absolute atomic E-state index is 0.272. The summed E-state index contributed by atoms with van der Waals surface area (Å²) in [6, 6.07) is 13.2. The monoisotopic (exact) mass is 290 g/mol. The van der Waals surface area contributed by atoms with Crippen LogP contribution >= 0.6 is 0 Å². The van der Waals surface area contributed by atoms with E-state index in [-0.39, 0.29) is 5.97 Å². The first kappa shape index (κ1) is 16.7. The zero-order valence-corrected chi connectivity index (χ0v) is 13.9. The number of rotatable bonds is 8. The van der Waals surface area contributed by atoms with Crippen LogP contribution in [0.5, 0.6) is 0 Å². The van der Waals surface area contributed by atoms with E-state index in [9.17, 15) is 4.79 Å². The van der Waals surface area contributed by atoms with Crippen LogP contribution in [0, 0.1) is 0 Å². The van der Waals surface area contributed by atoms with Crippen LogP contribution in [0.2, 0.25) is 19.1 Å². The Morgan fingerprint density at radius 3 is 2.45 bits per heavy atom. The molecule has 0 atom stereocenters. The lowest BCUT2D eigenvalue weighted by Gasteiger charge is -2.22. The fraction of sp³-hybridized carbons (Fsp3) is 0.471. The van der Waals surface area contributed by atoms with Crippen molar-refractivity contribution in [3.8, 4) is 0 Å². The fourth-order valence-electron chi connectivity index (χ4n) is 2.23. The van der Waals surface area contributed by atoms with Gasteiger partial charge in [0.2, 0.25) is 0 Å². The Bertz CT molecular complexity index is 438. The Labute approximate surface area is 123 Å². The van der Waals surface area contributed by atoms with Crippen molar-refractivity contribution in [1.82, 2.24) is 0 Å². The molecular formula is C17H26O2Si. The molecule has 20 heavy (non-hydrogen) atoms. The molecule has 1 aromatic rings. The second-order valence-electron chi connectivity index (χ2n) is 6.20. The van der Waals surface area contributed by atoms with E-state index < -0.39 is 8.07 Å². The molecule has 1 aromatic carbocycles. The summed E-state index contributed by atoms with van der Waals surface area (Å²) < 4.78 is 5.11. The van der Waals surface area contributed by atoms with Crippen molar-refractivity contribution in [2.24, 2.45) is 0 Å². The molecule has 0 fully saturated rings. The Morgan fingerprint density at radius 1 is 1.20 bits per heavy atom. The van der Waals surface area contributed by atoms with Crippen LogP contribution in [-0.4, -0.2) is 20.7 Å². The summed E-state index contributed by atoms with van der Waals surface area (Å²) in [5.74, 6) is -0.272. The van der Waals surface area contributed by atoms with Crippen molar-refractivity contribution in [2.75, 3.05) is 6.61 Å². The largest absolute Gasteiger partial charge is 0.462 e. The highest BCUT2D eigenvalue weighted by Gasteiger charge is 2.20. The summed E-state index contributed by atoms with van der Waals surface area (Å²) in [4.78, 5) is 11.2. The molecule has 0 N–H and O–H groups in total. The maximum atomic E-state index is 11.2. The molecule has 0 amide bonds. The van der Waals surface area contributed by atoms with Gasteiger partial charge in [0.1, 0.15) is 0 Å². The Morgan fingerprint density at radius 2 is 1.85 bits per heavy atom. The summed E-state index contributed by atoms with van der Waals surface area (Å²) in [5.41, 5.74) is 1.92. The van der Waals surface area contributed by atoms with Crippen LogP contribution in [-0.2, 0) is 15.6 Å². The molecule has 0 saturated heterocycles. The lowest BCUT2D eigenvalue weighted by molar-refractivity contribution is -0.139. The van der Waals surface area contributed by atoms with Crippen LogP contribution in [0.25, 0.3) is 0 Å². The number of hydrogen-bond acceptors (Lipinski definition) is 2. The normalized spacial score (nSPS) is 11.2. The molecule has 2 nitrogen and oxygen atoms in total. The average Bonchev–Trinajstić information content (AvgIpc) is 2.38. The van der Waals surface area contributed by atoms with Gasteiger partial charge in [0.05, 0.1) is 14.7 Å². The van der Waals surface area contributed by atoms with E-state index in [0.29, 0.717) is 12.2 Å². The van der Waals surface area contributed by atoms with Crippen molar-refractivity contribution in [2.45, 2.75) is 44.9 Å². The number of carbonyl (C=O) groups is 1. The molecule has 0 aromatic heterocycles. The van der Waals surface area contributed by atoms with Gasteiger partial charge in [-0.1, -0.05) is 68.0 Å². The number of hydrogen-bond donors (Lipinski definition) is 0. The molecule has 0 radical (unpaired) electrons. The van der Waals surface area contributed by atoms with Crippen LogP contribution < -0.4 is 0 Å². The average molecular weight is 290 g/mol. The van der Waals surface area contributed by atoms with Gasteiger partial charge in [0.15, 0.2) is 0 Å². The second-order valence-corrected chi connectivity index (χ2v) is 11.4. The van der Waals surface area contributed by atoms with E-state index in [4.69, 9.17) is 4.74 Å². The molecule has 3 heteroatoms. The van der Waals surface area contributed by atoms with Crippen molar-refractivity contribution < 1.29 is 9.53 Å². The Hall–Kier alpha value is -1.35. The maximum absolute atomic E-state index is 11.2. The summed E-state index contributed by atoms with van der Waals surface area (Å²) >= 11 is 0. The van der Waals surface area contributed by atoms with E-state index in [1.165, 1.54) is 17.7 Å². The van der Waals surface area contributed by atoms with Crippen molar-refractivity contribution >= 4 is 14.0 Å². The third-order valence-electron chi connectivity index (χ3n) is 3.36. The minimum Gasteiger partial charge on any atom is -0.462 e. The topological polar surface area (TPSA) is 26.3 Å². The molecular weight excluding hydrogens is 264 g/mol. The molecule has 0 saturated carbocycles. The highest BCUT2D eigenvalue weighted by atomic mass is 28.3. The number of esters is 1. The van der Waals surface area contributed by atoms with E-state index in [1.54, 1.807) is 6.92 Å². The van der Waals surface area contributed by atoms with Gasteiger partial charge >= 0.3 is 5.97 Å². The van der Waals surface area contributed by atoms with Crippen LogP contribution in [0.1, 0.15) is 25.3 Å². The summed E-state index contributed by atoms with van der Waals surface area (Å²) in [5, 5.41) is 0. The predicted molar refractivity (Wildman–Crippen MR) is 87.4 cm³/mol. The lowest BCUT2D eigenvalue weighted by atomic mass is 10.2. The van der Waals surface area contributed by atoms with E-state index in [0.717, 1.165) is 12.8 Å². The smallest absolute Gasteiger partial charge is 0.333 e. The number of ether oxygens (including phenoxy) is 1. The molecule has 0 heterocycles.